The van der Waals surface area contributed by atoms with Crippen molar-refractivity contribution in [2.45, 2.75) is 56.4 Å². The Morgan fingerprint density at radius 2 is 2.00 bits per heavy atom. The van der Waals surface area contributed by atoms with E-state index in [9.17, 15) is 10.4 Å². The minimum atomic E-state index is 0.235. The van der Waals surface area contributed by atoms with Crippen molar-refractivity contribution in [3.05, 3.63) is 57.7 Å². The number of aromatic nitrogens is 1. The molecule has 0 radical (unpaired) electrons. The predicted molar refractivity (Wildman–Crippen MR) is 159 cm³/mol. The van der Waals surface area contributed by atoms with Gasteiger partial charge in [-0.15, -0.1) is 0 Å². The number of aromatic hydroxyl groups is 1. The van der Waals surface area contributed by atoms with E-state index in [0.29, 0.717) is 42.7 Å². The third-order valence-electron chi connectivity index (χ3n) is 9.48. The first-order valence-electron chi connectivity index (χ1n) is 14.4. The van der Waals surface area contributed by atoms with Gasteiger partial charge in [-0.05, 0) is 67.9 Å². The molecule has 4 atom stereocenters. The number of likely N-dealkylation sites (tertiary alicyclic amines) is 2. The molecule has 0 saturated carbocycles. The van der Waals surface area contributed by atoms with Gasteiger partial charge >= 0.3 is 0 Å². The van der Waals surface area contributed by atoms with Crippen molar-refractivity contribution in [2.75, 3.05) is 44.7 Å². The first-order valence-corrected chi connectivity index (χ1v) is 15.2. The summed E-state index contributed by atoms with van der Waals surface area (Å²) >= 11 is 3.71. The number of piperazine rings is 1. The number of hydrogen-bond donors (Lipinski definition) is 2. The van der Waals surface area contributed by atoms with Gasteiger partial charge in [-0.2, -0.15) is 5.26 Å². The SMILES string of the molecule is CN1CCC(N2CC3CCC(C2)N3)[C@H]1COc1ncc2c(c1C#N)CN(c1cc(O)cc3cccc(Br)c13)CC2. The topological polar surface area (TPSA) is 87.9 Å². The molecule has 9 heteroatoms. The fraction of sp³-hybridized carbons (Fsp3) is 0.484. The van der Waals surface area contributed by atoms with E-state index in [-0.39, 0.29) is 11.8 Å². The summed E-state index contributed by atoms with van der Waals surface area (Å²) in [5, 5.41) is 26.6. The number of halogens is 1. The van der Waals surface area contributed by atoms with E-state index in [1.807, 2.05) is 30.5 Å². The van der Waals surface area contributed by atoms with Gasteiger partial charge in [0.15, 0.2) is 0 Å². The molecular weight excluding hydrogens is 568 g/mol. The number of nitriles is 1. The van der Waals surface area contributed by atoms with E-state index in [2.05, 4.69) is 54.0 Å². The Kier molecular flexibility index (Phi) is 6.83. The number of pyridine rings is 1. The Hall–Kier alpha value is -2.90. The molecule has 3 aromatic rings. The summed E-state index contributed by atoms with van der Waals surface area (Å²) in [5.41, 5.74) is 3.55. The number of anilines is 1. The number of ether oxygens (including phenoxy) is 1. The maximum Gasteiger partial charge on any atom is 0.232 e. The number of nitrogens with zero attached hydrogens (tertiary/aromatic N) is 5. The number of rotatable bonds is 5. The Balaban J connectivity index is 1.13. The molecule has 208 valence electrons. The zero-order valence-corrected chi connectivity index (χ0v) is 24.4. The van der Waals surface area contributed by atoms with Gasteiger partial charge in [0.25, 0.3) is 0 Å². The van der Waals surface area contributed by atoms with Gasteiger partial charge in [0.05, 0.1) is 6.04 Å². The van der Waals surface area contributed by atoms with E-state index in [4.69, 9.17) is 4.74 Å². The fourth-order valence-corrected chi connectivity index (χ4v) is 8.02. The Bertz CT molecular complexity index is 1480. The summed E-state index contributed by atoms with van der Waals surface area (Å²) in [5.74, 6) is 0.669. The number of hydrogen-bond acceptors (Lipinski definition) is 8. The van der Waals surface area contributed by atoms with E-state index in [1.165, 1.54) is 12.8 Å². The van der Waals surface area contributed by atoms with Crippen LogP contribution in [0, 0.1) is 11.3 Å². The molecule has 2 aromatic carbocycles. The lowest BCUT2D eigenvalue weighted by atomic mass is 9.96. The highest BCUT2D eigenvalue weighted by Crippen LogP contribution is 2.39. The maximum absolute atomic E-state index is 10.5. The van der Waals surface area contributed by atoms with Crippen LogP contribution >= 0.6 is 15.9 Å². The lowest BCUT2D eigenvalue weighted by molar-refractivity contribution is 0.0856. The van der Waals surface area contributed by atoms with Crippen LogP contribution in [0.2, 0.25) is 0 Å². The van der Waals surface area contributed by atoms with Crippen molar-refractivity contribution in [1.29, 1.82) is 5.26 Å². The highest BCUT2D eigenvalue weighted by atomic mass is 79.9. The van der Waals surface area contributed by atoms with Crippen LogP contribution in [-0.4, -0.2) is 83.9 Å². The second kappa shape index (κ2) is 10.5. The van der Waals surface area contributed by atoms with Crippen molar-refractivity contribution < 1.29 is 9.84 Å². The van der Waals surface area contributed by atoms with Gasteiger partial charge in [0.1, 0.15) is 24.0 Å². The molecule has 7 rings (SSSR count). The highest BCUT2D eigenvalue weighted by Gasteiger charge is 2.42. The van der Waals surface area contributed by atoms with Gasteiger partial charge in [-0.3, -0.25) is 9.80 Å². The van der Waals surface area contributed by atoms with E-state index >= 15 is 0 Å². The second-order valence-electron chi connectivity index (χ2n) is 11.8. The zero-order chi connectivity index (χ0) is 27.4. The van der Waals surface area contributed by atoms with E-state index < -0.39 is 0 Å². The molecule has 3 saturated heterocycles. The predicted octanol–water partition coefficient (Wildman–Crippen LogP) is 4.02. The summed E-state index contributed by atoms with van der Waals surface area (Å²) in [7, 11) is 2.19. The van der Waals surface area contributed by atoms with Gasteiger partial charge in [0, 0.05) is 72.1 Å². The number of fused-ring (bicyclic) bond motifs is 4. The van der Waals surface area contributed by atoms with Crippen molar-refractivity contribution in [1.82, 2.24) is 20.1 Å². The van der Waals surface area contributed by atoms with Crippen molar-refractivity contribution in [3.63, 3.8) is 0 Å². The molecule has 8 nitrogen and oxygen atoms in total. The molecule has 2 bridgehead atoms. The third kappa shape index (κ3) is 4.61. The highest BCUT2D eigenvalue weighted by molar-refractivity contribution is 9.10. The summed E-state index contributed by atoms with van der Waals surface area (Å²) < 4.78 is 7.39. The maximum atomic E-state index is 10.5. The van der Waals surface area contributed by atoms with Crippen molar-refractivity contribution >= 4 is 32.4 Å². The molecule has 1 aromatic heterocycles. The average Bonchev–Trinajstić information content (AvgIpc) is 3.50. The minimum absolute atomic E-state index is 0.235. The first kappa shape index (κ1) is 26.0. The van der Waals surface area contributed by atoms with E-state index in [1.54, 1.807) is 6.07 Å². The van der Waals surface area contributed by atoms with Crippen LogP contribution < -0.4 is 15.0 Å². The molecular formula is C31H35BrN6O2. The van der Waals surface area contributed by atoms with Crippen molar-refractivity contribution in [2.24, 2.45) is 0 Å². The van der Waals surface area contributed by atoms with Gasteiger partial charge in [0.2, 0.25) is 5.88 Å². The van der Waals surface area contributed by atoms with Crippen LogP contribution in [0.3, 0.4) is 0 Å². The monoisotopic (exact) mass is 602 g/mol. The van der Waals surface area contributed by atoms with Gasteiger partial charge in [-0.1, -0.05) is 28.1 Å². The summed E-state index contributed by atoms with van der Waals surface area (Å²) in [6.45, 7) is 5.15. The van der Waals surface area contributed by atoms with Crippen LogP contribution in [0.5, 0.6) is 11.6 Å². The molecule has 2 N–H and O–H groups in total. The minimum Gasteiger partial charge on any atom is -0.508 e. The first-order chi connectivity index (χ1) is 19.5. The summed E-state index contributed by atoms with van der Waals surface area (Å²) in [4.78, 5) is 12.0. The third-order valence-corrected chi connectivity index (χ3v) is 10.1. The molecule has 0 amide bonds. The smallest absolute Gasteiger partial charge is 0.232 e. The number of benzene rings is 2. The van der Waals surface area contributed by atoms with Crippen LogP contribution in [0.1, 0.15) is 36.0 Å². The molecule has 0 spiro atoms. The van der Waals surface area contributed by atoms with Crippen LogP contribution in [0.15, 0.2) is 41.0 Å². The molecule has 40 heavy (non-hydrogen) atoms. The normalized spacial score (nSPS) is 26.7. The largest absolute Gasteiger partial charge is 0.508 e. The Morgan fingerprint density at radius 3 is 2.80 bits per heavy atom. The number of phenolic OH excluding ortho intramolecular Hbond substituents is 1. The standard InChI is InChI=1S/C31H35BrN6O2/c1-36-9-8-27(38-15-21-5-6-22(16-38)35-21)29(36)18-40-31-24(13-33)25-17-37(10-7-20(25)14-34-31)28-12-23(39)11-19-3-2-4-26(32)30(19)28/h2-4,11-12,14,21-22,27,29,35,39H,5-10,15-18H2,1H3/t21?,22?,27?,29-/m1/s1. The Morgan fingerprint density at radius 1 is 1.18 bits per heavy atom. The van der Waals surface area contributed by atoms with E-state index in [0.717, 1.165) is 71.1 Å². The number of phenols is 1. The van der Waals surface area contributed by atoms with Gasteiger partial charge in [-0.25, -0.2) is 4.98 Å². The zero-order valence-electron chi connectivity index (χ0n) is 22.8. The lowest BCUT2D eigenvalue weighted by Gasteiger charge is -2.40. The second-order valence-corrected chi connectivity index (χ2v) is 12.7. The fourth-order valence-electron chi connectivity index (χ4n) is 7.43. The Labute approximate surface area is 243 Å². The van der Waals surface area contributed by atoms with Gasteiger partial charge < -0.3 is 20.1 Å². The molecule has 3 unspecified atom stereocenters. The molecule has 0 aliphatic carbocycles. The molecule has 4 aliphatic heterocycles. The molecule has 4 aliphatic rings. The quantitative estimate of drug-likeness (QED) is 0.453. The van der Waals surface area contributed by atoms with Crippen molar-refractivity contribution in [3.8, 4) is 17.7 Å². The number of likely N-dealkylation sites (N-methyl/N-ethyl adjacent to an activating group) is 1. The lowest BCUT2D eigenvalue weighted by Crippen LogP contribution is -2.57. The molecule has 5 heterocycles. The summed E-state index contributed by atoms with van der Waals surface area (Å²) in [6.07, 6.45) is 6.37. The van der Waals surface area contributed by atoms with Crippen LogP contribution in [-0.2, 0) is 13.0 Å². The summed E-state index contributed by atoms with van der Waals surface area (Å²) in [6, 6.07) is 14.0. The van der Waals surface area contributed by atoms with Crippen LogP contribution in [0.25, 0.3) is 10.8 Å². The molecule has 3 fully saturated rings. The number of nitrogens with one attached hydrogen (secondary N) is 1. The average molecular weight is 604 g/mol. The van der Waals surface area contributed by atoms with Crippen LogP contribution in [0.4, 0.5) is 5.69 Å².